The van der Waals surface area contributed by atoms with Crippen molar-refractivity contribution in [1.82, 2.24) is 0 Å². The van der Waals surface area contributed by atoms with Gasteiger partial charge in [0.15, 0.2) is 6.29 Å². The number of rotatable bonds is 21. The molecule has 0 saturated carbocycles. The summed E-state index contributed by atoms with van der Waals surface area (Å²) in [5, 5.41) is 2.83. The van der Waals surface area contributed by atoms with Crippen LogP contribution in [0.15, 0.2) is 60.7 Å². The number of unbranched alkanes of at least 4 members (excludes halogenated alkanes) is 11. The molecule has 2 aromatic carbocycles. The second kappa shape index (κ2) is 21.7. The first kappa shape index (κ1) is 33.6. The van der Waals surface area contributed by atoms with Gasteiger partial charge in [0.05, 0.1) is 0 Å². The van der Waals surface area contributed by atoms with Gasteiger partial charge < -0.3 is 13.9 Å². The first-order chi connectivity index (χ1) is 20.3. The van der Waals surface area contributed by atoms with Crippen molar-refractivity contribution in [1.29, 1.82) is 0 Å². The highest BCUT2D eigenvalue weighted by Crippen LogP contribution is 2.19. The summed E-state index contributed by atoms with van der Waals surface area (Å²) in [4.78, 5) is 0. The lowest BCUT2D eigenvalue weighted by Crippen LogP contribution is -2.60. The van der Waals surface area contributed by atoms with Gasteiger partial charge in [-0.3, -0.25) is 0 Å². The Bertz CT molecular complexity index is 907. The molecule has 0 amide bonds. The van der Waals surface area contributed by atoms with Crippen LogP contribution in [-0.2, 0) is 13.9 Å². The molecule has 0 aromatic heterocycles. The maximum atomic E-state index is 6.96. The fraction of sp³-hybridized carbons (Fsp3) is 0.622. The van der Waals surface area contributed by atoms with Crippen molar-refractivity contribution >= 4 is 18.7 Å². The van der Waals surface area contributed by atoms with Gasteiger partial charge in [0.2, 0.25) is 0 Å². The Morgan fingerprint density at radius 3 is 1.83 bits per heavy atom. The maximum absolute atomic E-state index is 6.96. The van der Waals surface area contributed by atoms with Crippen LogP contribution in [0.3, 0.4) is 0 Å². The van der Waals surface area contributed by atoms with Crippen molar-refractivity contribution in [2.45, 2.75) is 128 Å². The van der Waals surface area contributed by atoms with E-state index in [1.165, 1.54) is 81.0 Å². The molecule has 1 aliphatic heterocycles. The van der Waals surface area contributed by atoms with E-state index in [0.717, 1.165) is 64.4 Å². The molecule has 0 N–H and O–H groups in total. The van der Waals surface area contributed by atoms with Crippen LogP contribution in [0.4, 0.5) is 0 Å². The number of hydrogen-bond acceptors (Lipinski definition) is 3. The zero-order valence-corrected chi connectivity index (χ0v) is 26.9. The molecule has 0 bridgehead atoms. The molecule has 1 aliphatic rings. The molecular formula is C37H56O3Si. The van der Waals surface area contributed by atoms with Crippen LogP contribution in [-0.4, -0.2) is 34.4 Å². The van der Waals surface area contributed by atoms with E-state index in [0.29, 0.717) is 0 Å². The molecule has 2 aromatic rings. The summed E-state index contributed by atoms with van der Waals surface area (Å²) < 4.78 is 18.4. The van der Waals surface area contributed by atoms with Crippen LogP contribution < -0.4 is 10.4 Å². The average molecular weight is 577 g/mol. The molecule has 0 aliphatic carbocycles. The normalized spacial score (nSPS) is 15.4. The highest BCUT2D eigenvalue weighted by molar-refractivity contribution is 6.97. The van der Waals surface area contributed by atoms with Crippen molar-refractivity contribution in [2.75, 3.05) is 19.8 Å². The fourth-order valence-corrected chi connectivity index (χ4v) is 9.90. The number of ether oxygens (including phenoxy) is 2. The Hall–Kier alpha value is -1.90. The van der Waals surface area contributed by atoms with Gasteiger partial charge in [0.25, 0.3) is 8.32 Å². The smallest absolute Gasteiger partial charge is 0.255 e. The van der Waals surface area contributed by atoms with Gasteiger partial charge in [0, 0.05) is 32.7 Å². The molecule has 1 heterocycles. The molecule has 226 valence electrons. The molecular weight excluding hydrogens is 520 g/mol. The molecule has 41 heavy (non-hydrogen) atoms. The first-order valence-electron chi connectivity index (χ1n) is 16.8. The summed E-state index contributed by atoms with van der Waals surface area (Å²) in [5.41, 5.74) is 0. The van der Waals surface area contributed by atoms with Crippen molar-refractivity contribution in [3.8, 4) is 11.8 Å². The predicted molar refractivity (Wildman–Crippen MR) is 176 cm³/mol. The third kappa shape index (κ3) is 13.3. The zero-order chi connectivity index (χ0) is 28.7. The van der Waals surface area contributed by atoms with Gasteiger partial charge in [0.1, 0.15) is 0 Å². The van der Waals surface area contributed by atoms with E-state index in [2.05, 4.69) is 79.4 Å². The second-order valence-electron chi connectivity index (χ2n) is 11.6. The van der Waals surface area contributed by atoms with E-state index in [9.17, 15) is 0 Å². The van der Waals surface area contributed by atoms with Crippen LogP contribution in [0.1, 0.15) is 116 Å². The van der Waals surface area contributed by atoms with E-state index in [4.69, 9.17) is 13.9 Å². The van der Waals surface area contributed by atoms with E-state index in [-0.39, 0.29) is 6.29 Å². The van der Waals surface area contributed by atoms with Crippen LogP contribution in [0, 0.1) is 11.8 Å². The second-order valence-corrected chi connectivity index (χ2v) is 15.2. The Labute approximate surface area is 252 Å². The predicted octanol–water partition coefficient (Wildman–Crippen LogP) is 8.79. The minimum atomic E-state index is -2.21. The molecule has 3 rings (SSSR count). The monoisotopic (exact) mass is 576 g/mol. The topological polar surface area (TPSA) is 27.7 Å². The SMILES string of the molecule is CCCC[Si](OCCCCCCCCCCC#CCCCCOC1CCCCO1)(c1ccccc1)c1ccccc1. The highest BCUT2D eigenvalue weighted by Gasteiger charge is 2.38. The lowest BCUT2D eigenvalue weighted by Gasteiger charge is -2.32. The minimum Gasteiger partial charge on any atom is -0.408 e. The Kier molecular flexibility index (Phi) is 17.8. The van der Waals surface area contributed by atoms with E-state index in [1.807, 2.05) is 0 Å². The van der Waals surface area contributed by atoms with Gasteiger partial charge in [-0.25, -0.2) is 0 Å². The van der Waals surface area contributed by atoms with Crippen molar-refractivity contribution in [3.63, 3.8) is 0 Å². The van der Waals surface area contributed by atoms with Gasteiger partial charge in [-0.1, -0.05) is 119 Å². The summed E-state index contributed by atoms with van der Waals surface area (Å²) in [6.45, 7) is 4.83. The number of benzene rings is 2. The van der Waals surface area contributed by atoms with E-state index < -0.39 is 8.32 Å². The Balaban J connectivity index is 1.21. The van der Waals surface area contributed by atoms with Crippen molar-refractivity contribution in [2.24, 2.45) is 0 Å². The van der Waals surface area contributed by atoms with Crippen molar-refractivity contribution < 1.29 is 13.9 Å². The highest BCUT2D eigenvalue weighted by atomic mass is 28.4. The summed E-state index contributed by atoms with van der Waals surface area (Å²) in [6, 6.07) is 23.3. The summed E-state index contributed by atoms with van der Waals surface area (Å²) >= 11 is 0. The number of hydrogen-bond donors (Lipinski definition) is 0. The average Bonchev–Trinajstić information content (AvgIpc) is 3.03. The standard InChI is InChI=1S/C37H56O3Si/c1-2-3-34-41(35-26-18-16-19-27-35,36-28-20-17-21-29-36)40-33-24-15-13-11-9-7-5-4-6-8-10-12-14-23-31-38-37-30-22-25-32-39-37/h16-21,26-29,37H,2-7,9,11-15,22-25,30-34H2,1H3. The molecule has 1 unspecified atom stereocenters. The van der Waals surface area contributed by atoms with Gasteiger partial charge in [-0.05, 0) is 61.4 Å². The lowest BCUT2D eigenvalue weighted by atomic mass is 10.1. The zero-order valence-electron chi connectivity index (χ0n) is 25.9. The van der Waals surface area contributed by atoms with E-state index >= 15 is 0 Å². The minimum absolute atomic E-state index is 0.0471. The summed E-state index contributed by atoms with van der Waals surface area (Å²) in [5.74, 6) is 6.72. The maximum Gasteiger partial charge on any atom is 0.255 e. The lowest BCUT2D eigenvalue weighted by molar-refractivity contribution is -0.162. The van der Waals surface area contributed by atoms with Crippen LogP contribution in [0.2, 0.25) is 6.04 Å². The molecule has 0 spiro atoms. The summed E-state index contributed by atoms with van der Waals surface area (Å²) in [7, 11) is -2.21. The third-order valence-electron chi connectivity index (χ3n) is 8.17. The van der Waals surface area contributed by atoms with Crippen LogP contribution in [0.25, 0.3) is 0 Å². The molecule has 1 atom stereocenters. The Morgan fingerprint density at radius 1 is 0.683 bits per heavy atom. The van der Waals surface area contributed by atoms with Crippen molar-refractivity contribution in [3.05, 3.63) is 60.7 Å². The van der Waals surface area contributed by atoms with E-state index in [1.54, 1.807) is 0 Å². The molecule has 4 heteroatoms. The third-order valence-corrected chi connectivity index (χ3v) is 12.5. The van der Waals surface area contributed by atoms with Crippen LogP contribution in [0.5, 0.6) is 0 Å². The van der Waals surface area contributed by atoms with Crippen LogP contribution >= 0.6 is 0 Å². The van der Waals surface area contributed by atoms with Gasteiger partial charge >= 0.3 is 0 Å². The summed E-state index contributed by atoms with van der Waals surface area (Å²) in [6.07, 6.45) is 20.5. The van der Waals surface area contributed by atoms with Gasteiger partial charge in [-0.2, -0.15) is 0 Å². The Morgan fingerprint density at radius 2 is 1.24 bits per heavy atom. The molecule has 1 saturated heterocycles. The quantitative estimate of drug-likeness (QED) is 0.0844. The molecule has 3 nitrogen and oxygen atoms in total. The largest absolute Gasteiger partial charge is 0.408 e. The molecule has 0 radical (unpaired) electrons. The molecule has 1 fully saturated rings. The first-order valence-corrected chi connectivity index (χ1v) is 18.9. The fourth-order valence-electron chi connectivity index (χ4n) is 5.71. The van der Waals surface area contributed by atoms with Gasteiger partial charge in [-0.15, -0.1) is 11.8 Å².